The van der Waals surface area contributed by atoms with Crippen LogP contribution < -0.4 is 18.9 Å². The topological polar surface area (TPSA) is 30.8 Å². The molecule has 3 nitrogen and oxygen atoms in total. The van der Waals surface area contributed by atoms with E-state index in [0.29, 0.717) is 19.1 Å². The van der Waals surface area contributed by atoms with Crippen LogP contribution in [0.1, 0.15) is 51.4 Å². The van der Waals surface area contributed by atoms with Crippen LogP contribution >= 0.6 is 0 Å². The Morgan fingerprint density at radius 2 is 1.85 bits per heavy atom. The summed E-state index contributed by atoms with van der Waals surface area (Å²) in [6.07, 6.45) is 13.5. The van der Waals surface area contributed by atoms with Gasteiger partial charge in [0, 0.05) is 7.11 Å². The first-order chi connectivity index (χ1) is 8.90. The zero-order chi connectivity index (χ0) is 12.6. The fourth-order valence-electron chi connectivity index (χ4n) is 2.80. The van der Waals surface area contributed by atoms with Crippen LogP contribution in [0.3, 0.4) is 0 Å². The van der Waals surface area contributed by atoms with E-state index in [1.165, 1.54) is 51.4 Å². The monoisotopic (exact) mass is 315 g/mol. The van der Waals surface area contributed by atoms with Gasteiger partial charge in [-0.1, -0.05) is 50.9 Å². The number of ether oxygens (including phenoxy) is 2. The normalized spacial score (nSPS) is 27.6. The SMILES string of the molecule is C1CCCC1.COC[C@H]1COC(C2[CH-]CCC2)=N1.[Fe+2].[Li+]. The quantitative estimate of drug-likeness (QED) is 0.557. The Morgan fingerprint density at radius 3 is 2.35 bits per heavy atom. The van der Waals surface area contributed by atoms with E-state index in [2.05, 4.69) is 11.4 Å². The summed E-state index contributed by atoms with van der Waals surface area (Å²) in [4.78, 5) is 4.50. The molecule has 0 aromatic rings. The van der Waals surface area contributed by atoms with Gasteiger partial charge in [-0.25, -0.2) is 4.99 Å². The van der Waals surface area contributed by atoms with E-state index in [9.17, 15) is 0 Å². The molecule has 110 valence electrons. The maximum atomic E-state index is 5.54. The minimum Gasteiger partial charge on any atom is -0.481 e. The predicted octanol–water partition coefficient (Wildman–Crippen LogP) is 0.386. The van der Waals surface area contributed by atoms with Crippen molar-refractivity contribution in [1.82, 2.24) is 0 Å². The number of rotatable bonds is 3. The largest absolute Gasteiger partial charge is 2.00 e. The van der Waals surface area contributed by atoms with Gasteiger partial charge in [-0.05, 0) is 0 Å². The second-order valence-corrected chi connectivity index (χ2v) is 5.43. The summed E-state index contributed by atoms with van der Waals surface area (Å²) in [5.41, 5.74) is 0. The minimum absolute atomic E-state index is 0. The van der Waals surface area contributed by atoms with Crippen molar-refractivity contribution in [2.75, 3.05) is 20.3 Å². The van der Waals surface area contributed by atoms with Crippen molar-refractivity contribution in [3.63, 3.8) is 0 Å². The Hall–Kier alpha value is 0.547. The van der Waals surface area contributed by atoms with Crippen molar-refractivity contribution in [3.05, 3.63) is 6.42 Å². The minimum atomic E-state index is 0. The molecule has 0 spiro atoms. The first-order valence-electron chi connectivity index (χ1n) is 7.43. The molecule has 0 aromatic carbocycles. The van der Waals surface area contributed by atoms with Crippen LogP contribution in [0.15, 0.2) is 4.99 Å². The molecule has 5 heteroatoms. The van der Waals surface area contributed by atoms with Gasteiger partial charge in [-0.15, -0.1) is 0 Å². The zero-order valence-corrected chi connectivity index (χ0v) is 14.0. The number of hydrogen-bond donors (Lipinski definition) is 0. The third kappa shape index (κ3) is 7.01. The number of nitrogens with zero attached hydrogens (tertiary/aromatic N) is 1. The van der Waals surface area contributed by atoms with Crippen molar-refractivity contribution in [3.8, 4) is 0 Å². The van der Waals surface area contributed by atoms with Crippen molar-refractivity contribution in [2.24, 2.45) is 10.9 Å². The van der Waals surface area contributed by atoms with Gasteiger partial charge in [0.15, 0.2) is 5.90 Å². The maximum absolute atomic E-state index is 5.54. The summed E-state index contributed by atoms with van der Waals surface area (Å²) in [6.45, 7) is 1.38. The van der Waals surface area contributed by atoms with Crippen molar-refractivity contribution in [2.45, 2.75) is 57.4 Å². The molecule has 1 unspecified atom stereocenters. The van der Waals surface area contributed by atoms with E-state index in [4.69, 9.17) is 9.47 Å². The summed E-state index contributed by atoms with van der Waals surface area (Å²) in [5.74, 6) is 1.43. The summed E-state index contributed by atoms with van der Waals surface area (Å²) in [5, 5.41) is 0. The van der Waals surface area contributed by atoms with E-state index in [0.717, 1.165) is 5.90 Å². The second-order valence-electron chi connectivity index (χ2n) is 5.43. The summed E-state index contributed by atoms with van der Waals surface area (Å²) in [6, 6.07) is 0.231. The van der Waals surface area contributed by atoms with E-state index >= 15 is 0 Å². The van der Waals surface area contributed by atoms with Crippen LogP contribution in [0.25, 0.3) is 0 Å². The number of hydrogen-bond acceptors (Lipinski definition) is 3. The van der Waals surface area contributed by atoms with Gasteiger partial charge < -0.3 is 15.9 Å². The molecule has 3 rings (SSSR count). The van der Waals surface area contributed by atoms with Crippen molar-refractivity contribution < 1.29 is 45.4 Å². The third-order valence-corrected chi connectivity index (χ3v) is 3.83. The maximum Gasteiger partial charge on any atom is 2.00 e. The van der Waals surface area contributed by atoms with Crippen molar-refractivity contribution >= 4 is 5.90 Å². The van der Waals surface area contributed by atoms with Crippen LogP contribution in [0.4, 0.5) is 0 Å². The van der Waals surface area contributed by atoms with Gasteiger partial charge in [0.05, 0.1) is 6.61 Å². The van der Waals surface area contributed by atoms with Gasteiger partial charge in [0.25, 0.3) is 0 Å². The first kappa shape index (κ1) is 20.5. The van der Waals surface area contributed by atoms with E-state index < -0.39 is 0 Å². The molecule has 2 aliphatic carbocycles. The van der Waals surface area contributed by atoms with Crippen LogP contribution in [0.5, 0.6) is 0 Å². The van der Waals surface area contributed by atoms with Crippen LogP contribution in [0.2, 0.25) is 0 Å². The Labute approximate surface area is 146 Å². The van der Waals surface area contributed by atoms with Gasteiger partial charge >= 0.3 is 35.9 Å². The molecule has 1 heterocycles. The molecule has 3 aliphatic rings. The molecule has 0 N–H and O–H groups in total. The first-order valence-corrected chi connectivity index (χ1v) is 7.43. The fraction of sp³-hybridized carbons (Fsp3) is 0.867. The zero-order valence-electron chi connectivity index (χ0n) is 12.9. The number of aliphatic imine (C=N–C) groups is 1. The van der Waals surface area contributed by atoms with Gasteiger partial charge in [-0.2, -0.15) is 6.42 Å². The molecule has 0 saturated heterocycles. The molecular weight excluding hydrogens is 289 g/mol. The molecule has 0 radical (unpaired) electrons. The average Bonchev–Trinajstić information content (AvgIpc) is 3.14. The summed E-state index contributed by atoms with van der Waals surface area (Å²) in [7, 11) is 1.70. The van der Waals surface area contributed by atoms with E-state index in [1.54, 1.807) is 7.11 Å². The Morgan fingerprint density at radius 1 is 1.20 bits per heavy atom. The Balaban J connectivity index is 0.000000443. The molecule has 0 aromatic heterocycles. The summed E-state index contributed by atoms with van der Waals surface area (Å²) >= 11 is 0. The van der Waals surface area contributed by atoms with Crippen LogP contribution in [0, 0.1) is 12.3 Å². The van der Waals surface area contributed by atoms with Gasteiger partial charge in [-0.3, -0.25) is 0 Å². The van der Waals surface area contributed by atoms with E-state index in [1.807, 2.05) is 0 Å². The Kier molecular flexibility index (Phi) is 12.5. The molecule has 20 heavy (non-hydrogen) atoms. The van der Waals surface area contributed by atoms with Gasteiger partial charge in [0.2, 0.25) is 0 Å². The second kappa shape index (κ2) is 12.1. The smallest absolute Gasteiger partial charge is 0.481 e. The molecule has 2 fully saturated rings. The molecule has 2 atom stereocenters. The molecule has 0 bridgehead atoms. The standard InChI is InChI=1S/C10H16NO2.C5H10.Fe.Li/c1-12-6-9-7-13-10(11-9)8-4-2-3-5-8;1-2-4-5-3-1;;/h4,8-9H,2-3,5-7H2,1H3;1-5H2;;/q-1;;+2;+1/t8?,9-;;;/m0.../s1. The Bertz CT molecular complexity index is 259. The molecule has 1 aliphatic heterocycles. The summed E-state index contributed by atoms with van der Waals surface area (Å²) < 4.78 is 10.6. The molecule has 2 saturated carbocycles. The van der Waals surface area contributed by atoms with Crippen LogP contribution in [-0.4, -0.2) is 32.3 Å². The molecule has 0 amide bonds. The van der Waals surface area contributed by atoms with E-state index in [-0.39, 0.29) is 42.0 Å². The van der Waals surface area contributed by atoms with Gasteiger partial charge in [0.1, 0.15) is 12.6 Å². The third-order valence-electron chi connectivity index (χ3n) is 3.83. The number of methoxy groups -OCH3 is 1. The van der Waals surface area contributed by atoms with Crippen molar-refractivity contribution in [1.29, 1.82) is 0 Å². The van der Waals surface area contributed by atoms with Crippen LogP contribution in [-0.2, 0) is 26.5 Å². The average molecular weight is 315 g/mol. The fourth-order valence-corrected chi connectivity index (χ4v) is 2.80. The predicted molar refractivity (Wildman–Crippen MR) is 73.8 cm³/mol. The molecular formula is C15H26FeLiNO2+2.